The van der Waals surface area contributed by atoms with Crippen LogP contribution in [-0.4, -0.2) is 36.9 Å². The molecule has 110 valence electrons. The zero-order valence-electron chi connectivity index (χ0n) is 12.8. The zero-order chi connectivity index (χ0) is 14.5. The van der Waals surface area contributed by atoms with Crippen LogP contribution in [0.25, 0.3) is 0 Å². The summed E-state index contributed by atoms with van der Waals surface area (Å²) in [5.41, 5.74) is 0.732. The van der Waals surface area contributed by atoms with E-state index in [0.717, 1.165) is 29.7 Å². The van der Waals surface area contributed by atoms with Crippen LogP contribution in [0.2, 0.25) is 0 Å². The molecule has 1 aliphatic heterocycles. The second-order valence-corrected chi connectivity index (χ2v) is 6.13. The molecule has 0 saturated carbocycles. The van der Waals surface area contributed by atoms with E-state index in [2.05, 4.69) is 18.7 Å². The number of likely N-dealkylation sites (tertiary alicyclic amines) is 1. The van der Waals surface area contributed by atoms with E-state index in [-0.39, 0.29) is 5.78 Å². The highest BCUT2D eigenvalue weighted by atomic mass is 16.5. The van der Waals surface area contributed by atoms with Crippen LogP contribution >= 0.6 is 0 Å². The Morgan fingerprint density at radius 3 is 2.35 bits per heavy atom. The Labute approximate surface area is 121 Å². The van der Waals surface area contributed by atoms with E-state index in [1.807, 2.05) is 24.3 Å². The molecule has 0 radical (unpaired) electrons. The molecule has 1 saturated heterocycles. The molecule has 1 fully saturated rings. The van der Waals surface area contributed by atoms with E-state index in [4.69, 9.17) is 4.74 Å². The molecule has 1 aromatic rings. The first-order valence-corrected chi connectivity index (χ1v) is 7.50. The molecule has 3 nitrogen and oxygen atoms in total. The van der Waals surface area contributed by atoms with Gasteiger partial charge in [0.05, 0.1) is 0 Å². The molecule has 2 rings (SSSR count). The molecule has 0 bridgehead atoms. The van der Waals surface area contributed by atoms with E-state index < -0.39 is 0 Å². The third kappa shape index (κ3) is 4.34. The molecule has 2 atom stereocenters. The van der Waals surface area contributed by atoms with Crippen molar-refractivity contribution in [2.75, 3.05) is 26.2 Å². The maximum Gasteiger partial charge on any atom is 0.159 e. The van der Waals surface area contributed by atoms with Crippen LogP contribution in [0.4, 0.5) is 0 Å². The number of carbonyl (C=O) groups excluding carboxylic acids is 1. The van der Waals surface area contributed by atoms with Crippen LogP contribution in [0.3, 0.4) is 0 Å². The van der Waals surface area contributed by atoms with Crippen molar-refractivity contribution in [2.45, 2.75) is 27.2 Å². The number of hydrogen-bond donors (Lipinski definition) is 0. The standard InChI is InChI=1S/C17H25NO2/c1-13-10-14(2)12-18(11-13)8-9-20-17-6-4-16(5-7-17)15(3)19/h4-7,13-14H,8-12H2,1-3H3/t13-,14-/m1/s1. The average molecular weight is 275 g/mol. The lowest BCUT2D eigenvalue weighted by Crippen LogP contribution is -2.40. The summed E-state index contributed by atoms with van der Waals surface area (Å²) in [4.78, 5) is 13.7. The summed E-state index contributed by atoms with van der Waals surface area (Å²) in [5.74, 6) is 2.50. The van der Waals surface area contributed by atoms with Gasteiger partial charge in [-0.25, -0.2) is 0 Å². The molecule has 1 aliphatic rings. The molecule has 20 heavy (non-hydrogen) atoms. The van der Waals surface area contributed by atoms with Crippen molar-refractivity contribution in [3.8, 4) is 5.75 Å². The monoisotopic (exact) mass is 275 g/mol. The summed E-state index contributed by atoms with van der Waals surface area (Å²) in [7, 11) is 0. The van der Waals surface area contributed by atoms with Gasteiger partial charge >= 0.3 is 0 Å². The number of carbonyl (C=O) groups is 1. The molecule has 1 heterocycles. The van der Waals surface area contributed by atoms with Gasteiger partial charge in [-0.15, -0.1) is 0 Å². The maximum absolute atomic E-state index is 11.2. The first-order valence-electron chi connectivity index (χ1n) is 7.50. The van der Waals surface area contributed by atoms with Crippen molar-refractivity contribution in [3.63, 3.8) is 0 Å². The predicted octanol–water partition coefficient (Wildman–Crippen LogP) is 3.25. The fourth-order valence-corrected chi connectivity index (χ4v) is 3.05. The van der Waals surface area contributed by atoms with Crippen molar-refractivity contribution < 1.29 is 9.53 Å². The Morgan fingerprint density at radius 2 is 1.80 bits per heavy atom. The van der Waals surface area contributed by atoms with Gasteiger partial charge in [0.2, 0.25) is 0 Å². The topological polar surface area (TPSA) is 29.5 Å². The number of benzene rings is 1. The number of piperidine rings is 1. The summed E-state index contributed by atoms with van der Waals surface area (Å²) in [6.45, 7) is 10.3. The first kappa shape index (κ1) is 15.0. The van der Waals surface area contributed by atoms with Crippen LogP contribution in [0, 0.1) is 11.8 Å². The summed E-state index contributed by atoms with van der Waals surface area (Å²) in [6.07, 6.45) is 1.34. The van der Waals surface area contributed by atoms with Gasteiger partial charge in [0.15, 0.2) is 5.78 Å². The summed E-state index contributed by atoms with van der Waals surface area (Å²) < 4.78 is 5.76. The fraction of sp³-hybridized carbons (Fsp3) is 0.588. The average Bonchev–Trinajstić information content (AvgIpc) is 2.38. The minimum atomic E-state index is 0.0906. The Morgan fingerprint density at radius 1 is 1.20 bits per heavy atom. The molecule has 1 aromatic carbocycles. The molecule has 0 spiro atoms. The van der Waals surface area contributed by atoms with E-state index in [0.29, 0.717) is 6.61 Å². The summed E-state index contributed by atoms with van der Waals surface area (Å²) >= 11 is 0. The third-order valence-electron chi connectivity index (χ3n) is 3.88. The fourth-order valence-electron chi connectivity index (χ4n) is 3.05. The van der Waals surface area contributed by atoms with Crippen LogP contribution in [-0.2, 0) is 0 Å². The number of ketones is 1. The van der Waals surface area contributed by atoms with Gasteiger partial charge < -0.3 is 4.74 Å². The second-order valence-electron chi connectivity index (χ2n) is 6.13. The van der Waals surface area contributed by atoms with Crippen LogP contribution < -0.4 is 4.74 Å². The highest BCUT2D eigenvalue weighted by molar-refractivity contribution is 5.94. The number of hydrogen-bond acceptors (Lipinski definition) is 3. The minimum absolute atomic E-state index is 0.0906. The lowest BCUT2D eigenvalue weighted by Gasteiger charge is -2.34. The molecular formula is C17H25NO2. The van der Waals surface area contributed by atoms with Crippen molar-refractivity contribution in [2.24, 2.45) is 11.8 Å². The number of rotatable bonds is 5. The summed E-state index contributed by atoms with van der Waals surface area (Å²) in [5, 5.41) is 0. The molecule has 0 unspecified atom stereocenters. The molecule has 0 amide bonds. The molecule has 0 aliphatic carbocycles. The third-order valence-corrected chi connectivity index (χ3v) is 3.88. The Balaban J connectivity index is 1.76. The number of ether oxygens (including phenoxy) is 1. The minimum Gasteiger partial charge on any atom is -0.492 e. The number of nitrogens with zero attached hydrogens (tertiary/aromatic N) is 1. The summed E-state index contributed by atoms with van der Waals surface area (Å²) in [6, 6.07) is 7.39. The second kappa shape index (κ2) is 6.89. The van der Waals surface area contributed by atoms with E-state index in [1.165, 1.54) is 19.5 Å². The van der Waals surface area contributed by atoms with Crippen molar-refractivity contribution in [3.05, 3.63) is 29.8 Å². The van der Waals surface area contributed by atoms with Gasteiger partial charge in [0.1, 0.15) is 12.4 Å². The lowest BCUT2D eigenvalue weighted by molar-refractivity contribution is 0.101. The van der Waals surface area contributed by atoms with Crippen LogP contribution in [0.5, 0.6) is 5.75 Å². The van der Waals surface area contributed by atoms with Gasteiger partial charge in [-0.1, -0.05) is 13.8 Å². The largest absolute Gasteiger partial charge is 0.492 e. The maximum atomic E-state index is 11.2. The van der Waals surface area contributed by atoms with E-state index in [1.54, 1.807) is 6.92 Å². The molecular weight excluding hydrogens is 250 g/mol. The SMILES string of the molecule is CC(=O)c1ccc(OCCN2C[C@H](C)C[C@@H](C)C2)cc1. The Bertz CT molecular complexity index is 431. The first-order chi connectivity index (χ1) is 9.54. The smallest absolute Gasteiger partial charge is 0.159 e. The zero-order valence-corrected chi connectivity index (χ0v) is 12.8. The van der Waals surface area contributed by atoms with Crippen LogP contribution in [0.1, 0.15) is 37.6 Å². The van der Waals surface area contributed by atoms with E-state index >= 15 is 0 Å². The van der Waals surface area contributed by atoms with E-state index in [9.17, 15) is 4.79 Å². The Hall–Kier alpha value is -1.35. The molecule has 0 N–H and O–H groups in total. The molecule has 3 heteroatoms. The predicted molar refractivity (Wildman–Crippen MR) is 81.3 cm³/mol. The van der Waals surface area contributed by atoms with Gasteiger partial charge in [-0.2, -0.15) is 0 Å². The number of Topliss-reactive ketones (excluding diaryl/α,β-unsaturated/α-hetero) is 1. The Kier molecular flexibility index (Phi) is 5.18. The van der Waals surface area contributed by atoms with Gasteiger partial charge in [0, 0.05) is 25.2 Å². The van der Waals surface area contributed by atoms with Gasteiger partial charge in [-0.05, 0) is 49.4 Å². The van der Waals surface area contributed by atoms with Crippen LogP contribution in [0.15, 0.2) is 24.3 Å². The molecule has 0 aromatic heterocycles. The highest BCUT2D eigenvalue weighted by Crippen LogP contribution is 2.20. The highest BCUT2D eigenvalue weighted by Gasteiger charge is 2.21. The lowest BCUT2D eigenvalue weighted by atomic mass is 9.92. The van der Waals surface area contributed by atoms with Crippen molar-refractivity contribution in [1.29, 1.82) is 0 Å². The normalized spacial score (nSPS) is 23.6. The quantitative estimate of drug-likeness (QED) is 0.773. The van der Waals surface area contributed by atoms with Gasteiger partial charge in [0.25, 0.3) is 0 Å². The van der Waals surface area contributed by atoms with Crippen molar-refractivity contribution >= 4 is 5.78 Å². The van der Waals surface area contributed by atoms with Gasteiger partial charge in [-0.3, -0.25) is 9.69 Å². The van der Waals surface area contributed by atoms with Crippen molar-refractivity contribution in [1.82, 2.24) is 4.90 Å².